The molecule has 1 amide bonds. The zero-order valence-corrected chi connectivity index (χ0v) is 19.3. The minimum Gasteiger partial charge on any atom is -0.362 e. The molecule has 1 fully saturated rings. The summed E-state index contributed by atoms with van der Waals surface area (Å²) in [6.07, 6.45) is 3.31. The first kappa shape index (κ1) is 21.3. The van der Waals surface area contributed by atoms with Crippen molar-refractivity contribution in [2.24, 2.45) is 0 Å². The zero-order chi connectivity index (χ0) is 22.3. The number of thioether (sulfide) groups is 1. The van der Waals surface area contributed by atoms with Gasteiger partial charge in [0.2, 0.25) is 0 Å². The van der Waals surface area contributed by atoms with E-state index in [4.69, 9.17) is 17.2 Å². The maximum Gasteiger partial charge on any atom is 0.267 e. The summed E-state index contributed by atoms with van der Waals surface area (Å²) in [5, 5.41) is 0. The number of rotatable bonds is 4. The summed E-state index contributed by atoms with van der Waals surface area (Å²) >= 11 is 6.73. The van der Waals surface area contributed by atoms with E-state index in [2.05, 4.69) is 0 Å². The third-order valence-electron chi connectivity index (χ3n) is 5.26. The Morgan fingerprint density at radius 1 is 1.13 bits per heavy atom. The lowest BCUT2D eigenvalue weighted by Gasteiger charge is -2.23. The van der Waals surface area contributed by atoms with Gasteiger partial charge in [-0.2, -0.15) is 0 Å². The predicted molar refractivity (Wildman–Crippen MR) is 130 cm³/mol. The van der Waals surface area contributed by atoms with Crippen molar-refractivity contribution in [3.05, 3.63) is 80.6 Å². The molecule has 1 unspecified atom stereocenters. The maximum absolute atomic E-state index is 13.3. The number of carbonyl (C=O) groups excluding carboxylic acids is 1. The van der Waals surface area contributed by atoms with E-state index >= 15 is 0 Å². The van der Waals surface area contributed by atoms with Gasteiger partial charge in [0, 0.05) is 20.3 Å². The average Bonchev–Trinajstić information content (AvgIpc) is 3.03. The van der Waals surface area contributed by atoms with E-state index in [1.54, 1.807) is 22.1 Å². The SMILES string of the molecule is Cc1cccn2c(=O)c(/C=C3\SC(=S)N(C(C)c4ccccc4)C3=O)c(N(C)C)nc12. The fraction of sp³-hybridized carbons (Fsp3) is 0.217. The quantitative estimate of drug-likeness (QED) is 0.442. The van der Waals surface area contributed by atoms with Gasteiger partial charge in [0.25, 0.3) is 11.5 Å². The summed E-state index contributed by atoms with van der Waals surface area (Å²) in [6.45, 7) is 3.86. The Morgan fingerprint density at radius 3 is 2.52 bits per heavy atom. The van der Waals surface area contributed by atoms with Crippen molar-refractivity contribution >= 4 is 51.7 Å². The van der Waals surface area contributed by atoms with Crippen molar-refractivity contribution in [1.29, 1.82) is 0 Å². The number of thiocarbonyl (C=S) groups is 1. The van der Waals surface area contributed by atoms with Crippen LogP contribution in [-0.4, -0.2) is 38.6 Å². The third-order valence-corrected chi connectivity index (χ3v) is 6.59. The van der Waals surface area contributed by atoms with Gasteiger partial charge in [0.1, 0.15) is 15.8 Å². The summed E-state index contributed by atoms with van der Waals surface area (Å²) < 4.78 is 1.99. The Hall–Kier alpha value is -2.97. The van der Waals surface area contributed by atoms with E-state index in [0.717, 1.165) is 11.1 Å². The molecule has 1 aromatic carbocycles. The number of aromatic nitrogens is 2. The number of aryl methyl sites for hydroxylation is 1. The van der Waals surface area contributed by atoms with Crippen LogP contribution >= 0.6 is 24.0 Å². The van der Waals surface area contributed by atoms with Crippen molar-refractivity contribution in [3.63, 3.8) is 0 Å². The molecule has 1 atom stereocenters. The molecule has 1 aliphatic heterocycles. The summed E-state index contributed by atoms with van der Waals surface area (Å²) in [5.41, 5.74) is 2.63. The second kappa shape index (κ2) is 8.28. The molecule has 0 spiro atoms. The van der Waals surface area contributed by atoms with E-state index < -0.39 is 0 Å². The molecule has 31 heavy (non-hydrogen) atoms. The molecule has 4 rings (SSSR count). The largest absolute Gasteiger partial charge is 0.362 e. The summed E-state index contributed by atoms with van der Waals surface area (Å²) in [4.78, 5) is 35.1. The molecule has 0 radical (unpaired) electrons. The number of carbonyl (C=O) groups is 1. The molecular weight excluding hydrogens is 428 g/mol. The molecule has 3 aromatic rings. The van der Waals surface area contributed by atoms with Crippen LogP contribution in [0.4, 0.5) is 5.82 Å². The first-order valence-electron chi connectivity index (χ1n) is 9.81. The van der Waals surface area contributed by atoms with Gasteiger partial charge in [-0.1, -0.05) is 60.4 Å². The first-order chi connectivity index (χ1) is 14.8. The molecule has 1 saturated heterocycles. The van der Waals surface area contributed by atoms with Crippen LogP contribution in [0.3, 0.4) is 0 Å². The van der Waals surface area contributed by atoms with Gasteiger partial charge in [0.05, 0.1) is 16.5 Å². The second-order valence-electron chi connectivity index (χ2n) is 7.57. The highest BCUT2D eigenvalue weighted by molar-refractivity contribution is 8.26. The van der Waals surface area contributed by atoms with Gasteiger partial charge in [-0.15, -0.1) is 0 Å². The highest BCUT2D eigenvalue weighted by Crippen LogP contribution is 2.38. The molecule has 8 heteroatoms. The van der Waals surface area contributed by atoms with Gasteiger partial charge >= 0.3 is 0 Å². The average molecular weight is 451 g/mol. The van der Waals surface area contributed by atoms with Crippen molar-refractivity contribution in [2.45, 2.75) is 19.9 Å². The molecule has 0 bridgehead atoms. The van der Waals surface area contributed by atoms with Crippen molar-refractivity contribution in [1.82, 2.24) is 14.3 Å². The normalized spacial score (nSPS) is 16.4. The highest BCUT2D eigenvalue weighted by Gasteiger charge is 2.36. The number of hydrogen-bond acceptors (Lipinski definition) is 6. The van der Waals surface area contributed by atoms with Crippen LogP contribution in [0, 0.1) is 6.92 Å². The van der Waals surface area contributed by atoms with Crippen LogP contribution in [0.1, 0.15) is 29.7 Å². The van der Waals surface area contributed by atoms with Crippen LogP contribution in [0.2, 0.25) is 0 Å². The Morgan fingerprint density at radius 2 is 1.84 bits per heavy atom. The van der Waals surface area contributed by atoms with Crippen molar-refractivity contribution in [3.8, 4) is 0 Å². The maximum atomic E-state index is 13.3. The number of benzene rings is 1. The lowest BCUT2D eigenvalue weighted by atomic mass is 10.1. The molecule has 6 nitrogen and oxygen atoms in total. The molecule has 0 N–H and O–H groups in total. The van der Waals surface area contributed by atoms with E-state index in [-0.39, 0.29) is 17.5 Å². The monoisotopic (exact) mass is 450 g/mol. The minimum absolute atomic E-state index is 0.202. The number of anilines is 1. The number of nitrogens with zero attached hydrogens (tertiary/aromatic N) is 4. The topological polar surface area (TPSA) is 57.9 Å². The van der Waals surface area contributed by atoms with E-state index in [0.29, 0.717) is 26.3 Å². The molecule has 0 saturated carbocycles. The van der Waals surface area contributed by atoms with E-state index in [1.807, 2.05) is 70.4 Å². The lowest BCUT2D eigenvalue weighted by Crippen LogP contribution is -2.31. The van der Waals surface area contributed by atoms with Crippen LogP contribution in [0.5, 0.6) is 0 Å². The van der Waals surface area contributed by atoms with Gasteiger partial charge in [0.15, 0.2) is 0 Å². The molecular formula is C23H22N4O2S2. The molecule has 0 aliphatic carbocycles. The fourth-order valence-electron chi connectivity index (χ4n) is 3.59. The van der Waals surface area contributed by atoms with Crippen molar-refractivity contribution in [2.75, 3.05) is 19.0 Å². The van der Waals surface area contributed by atoms with Gasteiger partial charge in [-0.05, 0) is 37.1 Å². The molecule has 2 aromatic heterocycles. The highest BCUT2D eigenvalue weighted by atomic mass is 32.2. The van der Waals surface area contributed by atoms with Crippen molar-refractivity contribution < 1.29 is 4.79 Å². The Kier molecular flexibility index (Phi) is 5.68. The van der Waals surface area contributed by atoms with Crippen LogP contribution in [-0.2, 0) is 4.79 Å². The zero-order valence-electron chi connectivity index (χ0n) is 17.7. The summed E-state index contributed by atoms with van der Waals surface area (Å²) in [6, 6.07) is 13.3. The number of fused-ring (bicyclic) bond motifs is 1. The van der Waals surface area contributed by atoms with E-state index in [1.165, 1.54) is 16.2 Å². The minimum atomic E-state index is -0.223. The number of hydrogen-bond donors (Lipinski definition) is 0. The summed E-state index contributed by atoms with van der Waals surface area (Å²) in [5.74, 6) is 0.311. The van der Waals surface area contributed by atoms with Crippen LogP contribution < -0.4 is 10.5 Å². The standard InChI is InChI=1S/C23H22N4O2S2/c1-14-9-8-12-26-19(14)24-20(25(3)4)17(21(26)28)13-18-22(29)27(23(30)31-18)15(2)16-10-6-5-7-11-16/h5-13,15H,1-4H3/b18-13-. The molecule has 1 aliphatic rings. The Labute approximate surface area is 190 Å². The Bertz CT molecular complexity index is 1280. The fourth-order valence-corrected chi connectivity index (χ4v) is 4.99. The lowest BCUT2D eigenvalue weighted by molar-refractivity contribution is -0.123. The number of amides is 1. The first-order valence-corrected chi connectivity index (χ1v) is 11.0. The van der Waals surface area contributed by atoms with Gasteiger partial charge in [-0.3, -0.25) is 18.9 Å². The molecule has 3 heterocycles. The predicted octanol–water partition coefficient (Wildman–Crippen LogP) is 4.03. The number of pyridine rings is 1. The molecule has 158 valence electrons. The Balaban J connectivity index is 1.81. The summed E-state index contributed by atoms with van der Waals surface area (Å²) in [7, 11) is 3.66. The van der Waals surface area contributed by atoms with E-state index in [9.17, 15) is 9.59 Å². The smallest absolute Gasteiger partial charge is 0.267 e. The van der Waals surface area contributed by atoms with Gasteiger partial charge < -0.3 is 4.90 Å². The van der Waals surface area contributed by atoms with Gasteiger partial charge in [-0.25, -0.2) is 4.98 Å². The van der Waals surface area contributed by atoms with Crippen LogP contribution in [0.15, 0.2) is 58.4 Å². The third kappa shape index (κ3) is 3.77. The second-order valence-corrected chi connectivity index (χ2v) is 9.25. The van der Waals surface area contributed by atoms with Crippen LogP contribution in [0.25, 0.3) is 11.7 Å².